The van der Waals surface area contributed by atoms with E-state index >= 15 is 0 Å². The van der Waals surface area contributed by atoms with Crippen molar-refractivity contribution < 1.29 is 8.42 Å². The number of nitrogens with one attached hydrogen (secondary N) is 2. The molecule has 2 N–H and O–H groups in total. The van der Waals surface area contributed by atoms with Gasteiger partial charge in [-0.05, 0) is 51.0 Å². The van der Waals surface area contributed by atoms with Crippen LogP contribution >= 0.6 is 0 Å². The van der Waals surface area contributed by atoms with Crippen LogP contribution in [0.1, 0.15) is 50.8 Å². The Morgan fingerprint density at radius 1 is 1.10 bits per heavy atom. The number of aromatic amines is 1. The molecule has 3 aromatic rings. The van der Waals surface area contributed by atoms with Crippen LogP contribution in [0.4, 0.5) is 0 Å². The molecule has 152 valence electrons. The lowest BCUT2D eigenvalue weighted by atomic mass is 9.57. The molecular formula is C19H23N7O2S. The smallest absolute Gasteiger partial charge is 0.279 e. The van der Waals surface area contributed by atoms with Crippen LogP contribution in [-0.4, -0.2) is 55.9 Å². The van der Waals surface area contributed by atoms with Crippen LogP contribution in [0.25, 0.3) is 16.8 Å². The molecule has 1 saturated heterocycles. The lowest BCUT2D eigenvalue weighted by molar-refractivity contribution is 0.0932. The summed E-state index contributed by atoms with van der Waals surface area (Å²) in [5, 5.41) is 9.03. The van der Waals surface area contributed by atoms with Crippen LogP contribution in [0.15, 0.2) is 18.5 Å². The minimum Gasteiger partial charge on any atom is -0.345 e. The van der Waals surface area contributed by atoms with Crippen molar-refractivity contribution >= 4 is 27.0 Å². The zero-order chi connectivity index (χ0) is 19.5. The number of aromatic nitrogens is 5. The van der Waals surface area contributed by atoms with Gasteiger partial charge in [0.25, 0.3) is 10.2 Å². The summed E-state index contributed by atoms with van der Waals surface area (Å²) in [6, 6.07) is 2.01. The summed E-state index contributed by atoms with van der Waals surface area (Å²) in [7, 11) is -3.43. The molecule has 7 rings (SSSR count). The highest BCUT2D eigenvalue weighted by atomic mass is 32.2. The van der Waals surface area contributed by atoms with Gasteiger partial charge in [-0.25, -0.2) is 4.98 Å². The maximum absolute atomic E-state index is 13.0. The third-order valence-electron chi connectivity index (χ3n) is 8.37. The minimum atomic E-state index is -3.43. The average Bonchev–Trinajstić information content (AvgIpc) is 3.23. The zero-order valence-corrected chi connectivity index (χ0v) is 16.9. The van der Waals surface area contributed by atoms with Crippen LogP contribution in [0, 0.1) is 5.41 Å². The second-order valence-electron chi connectivity index (χ2n) is 9.32. The molecule has 3 aliphatic carbocycles. The summed E-state index contributed by atoms with van der Waals surface area (Å²) < 4.78 is 32.9. The fourth-order valence-electron chi connectivity index (χ4n) is 6.82. The Morgan fingerprint density at radius 2 is 1.93 bits per heavy atom. The first-order chi connectivity index (χ1) is 14.0. The fourth-order valence-corrected chi connectivity index (χ4v) is 8.55. The molecule has 4 aliphatic rings. The predicted octanol–water partition coefficient (Wildman–Crippen LogP) is 1.49. The lowest BCUT2D eigenvalue weighted by Gasteiger charge is -2.47. The summed E-state index contributed by atoms with van der Waals surface area (Å²) in [6.07, 6.45) is 10.4. The van der Waals surface area contributed by atoms with E-state index in [1.54, 1.807) is 10.5 Å². The Bertz CT molecular complexity index is 1270. The summed E-state index contributed by atoms with van der Waals surface area (Å²) in [5.41, 5.74) is 2.10. The molecule has 9 nitrogen and oxygen atoms in total. The van der Waals surface area contributed by atoms with Crippen molar-refractivity contribution in [2.24, 2.45) is 5.41 Å². The molecule has 10 heteroatoms. The van der Waals surface area contributed by atoms with Crippen LogP contribution in [-0.2, 0) is 15.6 Å². The third kappa shape index (κ3) is 1.80. The number of H-pyrrole nitrogens is 1. The molecule has 0 radical (unpaired) electrons. The highest BCUT2D eigenvalue weighted by Gasteiger charge is 2.85. The molecule has 0 amide bonds. The standard InChI is InChI=1S/C19H23N7O2S/c27-29(28,25-9-1-2-10-25)24-19-7-5-17(4-6-18(17,19)12-19)16-23-22-14-11-21-15-13(26(14)16)3-8-20-15/h3,8,11,20,24H,1-2,4-7,9-10,12H2. The molecule has 0 bridgehead atoms. The van der Waals surface area contributed by atoms with Crippen molar-refractivity contribution in [2.75, 3.05) is 13.1 Å². The van der Waals surface area contributed by atoms with Crippen molar-refractivity contribution in [3.8, 4) is 0 Å². The number of hydrogen-bond donors (Lipinski definition) is 2. The Balaban J connectivity index is 1.32. The normalized spacial score (nSPS) is 36.4. The topological polar surface area (TPSA) is 108 Å². The van der Waals surface area contributed by atoms with Gasteiger partial charge in [-0.2, -0.15) is 17.4 Å². The van der Waals surface area contributed by atoms with Gasteiger partial charge in [0.2, 0.25) is 0 Å². The van der Waals surface area contributed by atoms with Gasteiger partial charge < -0.3 is 4.98 Å². The number of nitrogens with zero attached hydrogens (tertiary/aromatic N) is 5. The molecule has 3 aromatic heterocycles. The Hall–Kier alpha value is -2.04. The number of hydrogen-bond acceptors (Lipinski definition) is 5. The van der Waals surface area contributed by atoms with E-state index in [0.29, 0.717) is 13.1 Å². The highest BCUT2D eigenvalue weighted by molar-refractivity contribution is 7.87. The van der Waals surface area contributed by atoms with Gasteiger partial charge in [-0.15, -0.1) is 10.2 Å². The van der Waals surface area contributed by atoms with Gasteiger partial charge in [0, 0.05) is 35.7 Å². The van der Waals surface area contributed by atoms with E-state index in [4.69, 9.17) is 0 Å². The van der Waals surface area contributed by atoms with E-state index in [-0.39, 0.29) is 16.4 Å². The van der Waals surface area contributed by atoms with Gasteiger partial charge in [-0.3, -0.25) is 4.40 Å². The fraction of sp³-hybridized carbons (Fsp3) is 0.632. The summed E-state index contributed by atoms with van der Waals surface area (Å²) in [4.78, 5) is 7.59. The largest absolute Gasteiger partial charge is 0.345 e. The van der Waals surface area contributed by atoms with Crippen LogP contribution in [0.5, 0.6) is 0 Å². The SMILES string of the molecule is O=S(=O)(NC12CCC3(c4nnc5cnc6[nH]ccc6n45)CCC13C2)N1CCCC1. The monoisotopic (exact) mass is 413 g/mol. The zero-order valence-electron chi connectivity index (χ0n) is 16.1. The molecule has 4 fully saturated rings. The first-order valence-electron chi connectivity index (χ1n) is 10.5. The maximum atomic E-state index is 13.0. The van der Waals surface area contributed by atoms with Crippen LogP contribution < -0.4 is 4.72 Å². The van der Waals surface area contributed by atoms with E-state index in [0.717, 1.165) is 67.6 Å². The molecule has 3 unspecified atom stereocenters. The molecule has 3 atom stereocenters. The second kappa shape index (κ2) is 4.98. The van der Waals surface area contributed by atoms with E-state index in [9.17, 15) is 8.42 Å². The Kier molecular flexibility index (Phi) is 2.87. The molecule has 1 spiro atoms. The molecular weight excluding hydrogens is 390 g/mol. The van der Waals surface area contributed by atoms with Crippen LogP contribution in [0.2, 0.25) is 0 Å². The number of rotatable bonds is 4. The van der Waals surface area contributed by atoms with Gasteiger partial charge >= 0.3 is 0 Å². The van der Waals surface area contributed by atoms with Crippen molar-refractivity contribution in [1.82, 2.24) is 33.6 Å². The molecule has 4 heterocycles. The summed E-state index contributed by atoms with van der Waals surface area (Å²) in [5.74, 6) is 0.977. The first kappa shape index (κ1) is 16.7. The molecule has 0 aromatic carbocycles. The lowest BCUT2D eigenvalue weighted by Crippen LogP contribution is -2.52. The van der Waals surface area contributed by atoms with E-state index in [2.05, 4.69) is 29.3 Å². The van der Waals surface area contributed by atoms with Gasteiger partial charge in [0.15, 0.2) is 11.3 Å². The van der Waals surface area contributed by atoms with Crippen LogP contribution in [0.3, 0.4) is 0 Å². The van der Waals surface area contributed by atoms with Gasteiger partial charge in [0.1, 0.15) is 5.82 Å². The molecule has 1 aliphatic heterocycles. The maximum Gasteiger partial charge on any atom is 0.279 e. The van der Waals surface area contributed by atoms with Crippen molar-refractivity contribution in [2.45, 2.75) is 55.9 Å². The Labute approximate surface area is 168 Å². The number of fused-ring (bicyclic) bond motifs is 3. The van der Waals surface area contributed by atoms with Gasteiger partial charge in [-0.1, -0.05) is 0 Å². The summed E-state index contributed by atoms with van der Waals surface area (Å²) >= 11 is 0. The predicted molar refractivity (Wildman–Crippen MR) is 105 cm³/mol. The van der Waals surface area contributed by atoms with Crippen molar-refractivity contribution in [1.29, 1.82) is 0 Å². The first-order valence-corrected chi connectivity index (χ1v) is 11.9. The summed E-state index contributed by atoms with van der Waals surface area (Å²) in [6.45, 7) is 1.27. The Morgan fingerprint density at radius 3 is 2.72 bits per heavy atom. The van der Waals surface area contributed by atoms with Gasteiger partial charge in [0.05, 0.1) is 11.7 Å². The quantitative estimate of drug-likeness (QED) is 0.674. The minimum absolute atomic E-state index is 0.0261. The van der Waals surface area contributed by atoms with E-state index < -0.39 is 10.2 Å². The van der Waals surface area contributed by atoms with Crippen molar-refractivity contribution in [3.05, 3.63) is 24.3 Å². The highest BCUT2D eigenvalue weighted by Crippen LogP contribution is 2.83. The average molecular weight is 414 g/mol. The van der Waals surface area contributed by atoms with E-state index in [1.165, 1.54) is 0 Å². The third-order valence-corrected chi connectivity index (χ3v) is 10.1. The van der Waals surface area contributed by atoms with E-state index in [1.807, 2.05) is 12.3 Å². The molecule has 3 saturated carbocycles. The second-order valence-corrected chi connectivity index (χ2v) is 11.0. The van der Waals surface area contributed by atoms with Crippen molar-refractivity contribution in [3.63, 3.8) is 0 Å². The molecule has 29 heavy (non-hydrogen) atoms.